The summed E-state index contributed by atoms with van der Waals surface area (Å²) in [5.41, 5.74) is 3.74. The summed E-state index contributed by atoms with van der Waals surface area (Å²) < 4.78 is 39.7. The summed E-state index contributed by atoms with van der Waals surface area (Å²) in [6, 6.07) is 13.9. The maximum atomic E-state index is 13.4. The Morgan fingerprint density at radius 2 is 1.21 bits per heavy atom. The van der Waals surface area contributed by atoms with Gasteiger partial charge in [-0.3, -0.25) is 29.5 Å². The molecule has 5 saturated heterocycles. The second-order valence-corrected chi connectivity index (χ2v) is 25.3. The maximum Gasteiger partial charge on any atom is 0.321 e. The number of likely N-dealkylation sites (tertiary alicyclic amines) is 5. The summed E-state index contributed by atoms with van der Waals surface area (Å²) in [6.07, 6.45) is 12.0. The third-order valence-electron chi connectivity index (χ3n) is 17.1. The van der Waals surface area contributed by atoms with Crippen molar-refractivity contribution < 1.29 is 32.3 Å². The molecular weight excluding hydrogens is 1030 g/mol. The first-order chi connectivity index (χ1) is 37.5. The molecule has 0 bridgehead atoms. The Morgan fingerprint density at radius 3 is 1.77 bits per heavy atom. The van der Waals surface area contributed by atoms with Crippen molar-refractivity contribution in [3.8, 4) is 0 Å². The van der Waals surface area contributed by atoms with Crippen molar-refractivity contribution in [2.24, 2.45) is 29.6 Å². The summed E-state index contributed by atoms with van der Waals surface area (Å²) in [5.74, 6) is 2.05. The Bertz CT molecular complexity index is 2590. The van der Waals surface area contributed by atoms with Gasteiger partial charge in [-0.25, -0.2) is 27.9 Å². The van der Waals surface area contributed by atoms with Gasteiger partial charge in [0.15, 0.2) is 16.7 Å². The highest BCUT2D eigenvalue weighted by molar-refractivity contribution is 7.17. The van der Waals surface area contributed by atoms with E-state index in [0.717, 1.165) is 127 Å². The first kappa shape index (κ1) is 59.7. The number of hydrogen-bond acceptors (Lipinski definition) is 13. The Hall–Kier alpha value is -4.43. The zero-order valence-corrected chi connectivity index (χ0v) is 48.4. The largest absolute Gasteiger partial charge is 0.333 e. The van der Waals surface area contributed by atoms with Crippen LogP contribution in [0.4, 0.5) is 23.1 Å². The molecule has 0 saturated carbocycles. The van der Waals surface area contributed by atoms with E-state index in [4.69, 9.17) is 0 Å². The average Bonchev–Trinajstić information content (AvgIpc) is 3.97. The topological polar surface area (TPSA) is 134 Å². The van der Waals surface area contributed by atoms with E-state index >= 15 is 0 Å². The normalized spacial score (nSPS) is 24.3. The molecule has 7 heterocycles. The van der Waals surface area contributed by atoms with Crippen molar-refractivity contribution in [3.63, 3.8) is 0 Å². The van der Waals surface area contributed by atoms with Gasteiger partial charge in [0, 0.05) is 78.2 Å². The minimum absolute atomic E-state index is 0.0269. The van der Waals surface area contributed by atoms with Crippen LogP contribution >= 0.6 is 22.7 Å². The second-order valence-electron chi connectivity index (χ2n) is 23.3. The lowest BCUT2D eigenvalue weighted by molar-refractivity contribution is -0.120. The van der Waals surface area contributed by atoms with E-state index < -0.39 is 6.67 Å². The molecule has 2 aromatic carbocycles. The van der Waals surface area contributed by atoms with Crippen LogP contribution < -0.4 is 10.6 Å². The number of carbonyl (C=O) groups is 4. The summed E-state index contributed by atoms with van der Waals surface area (Å²) in [6.45, 7) is 18.6. The van der Waals surface area contributed by atoms with Gasteiger partial charge in [0.1, 0.15) is 29.1 Å². The molecule has 0 unspecified atom stereocenters. The molecule has 6 atom stereocenters. The number of rotatable bonds is 19. The summed E-state index contributed by atoms with van der Waals surface area (Å²) in [7, 11) is 2.21. The Labute approximate surface area is 469 Å². The standard InChI is InChI=1S/C33H47FN4O2S.C27H37F2N5O2S/c1-23-33(24(2)39)41-32(35-23)19-31(40)18-28-22-38(30-11-14-36(3)15-12-30)16-10-27(28)21-37-13-4-5-26(20-37)17-25-6-8-29(34)9-7-25;1-18-25(19(2)35)37-27(30-18)32-26(36)31-24-17-33(13-10-28)12-9-22(24)16-34-11-3-4-21(15-34)14-20-5-7-23(29)8-6-20/h6-9,26-28,30H,4-5,10-22H2,1-3H3;5-8,21-22,24H,3-4,9-17H2,1-2H3,(H2,30,31,32,36)/t26-,27-,28+;21-,22-,24+/m00/s1. The molecule has 2 aromatic heterocycles. The van der Waals surface area contributed by atoms with Crippen LogP contribution in [0.2, 0.25) is 0 Å². The molecule has 9 rings (SSSR count). The molecule has 0 radical (unpaired) electrons. The van der Waals surface area contributed by atoms with Crippen LogP contribution in [0.1, 0.15) is 119 Å². The van der Waals surface area contributed by atoms with Crippen LogP contribution in [0.15, 0.2) is 48.5 Å². The average molecular weight is 1120 g/mol. The molecule has 5 aliphatic heterocycles. The number of nitrogens with zero attached hydrogens (tertiary/aromatic N) is 7. The van der Waals surface area contributed by atoms with E-state index in [-0.39, 0.29) is 47.0 Å². The van der Waals surface area contributed by atoms with Crippen molar-refractivity contribution in [3.05, 3.63) is 97.4 Å². The number of benzene rings is 2. The Kier molecular flexibility index (Phi) is 22.1. The third-order valence-corrected chi connectivity index (χ3v) is 19.5. The van der Waals surface area contributed by atoms with Crippen molar-refractivity contribution >= 4 is 51.2 Å². The molecule has 78 heavy (non-hydrogen) atoms. The zero-order valence-electron chi connectivity index (χ0n) is 46.8. The maximum absolute atomic E-state index is 13.4. The van der Waals surface area contributed by atoms with E-state index in [1.54, 1.807) is 26.0 Å². The lowest BCUT2D eigenvalue weighted by Crippen LogP contribution is -2.56. The van der Waals surface area contributed by atoms with E-state index in [1.165, 1.54) is 73.0 Å². The molecule has 5 aliphatic rings. The lowest BCUT2D eigenvalue weighted by atomic mass is 9.80. The van der Waals surface area contributed by atoms with Crippen LogP contribution in [0.5, 0.6) is 0 Å². The molecule has 0 spiro atoms. The molecule has 426 valence electrons. The van der Waals surface area contributed by atoms with Gasteiger partial charge in [0.25, 0.3) is 0 Å². The minimum atomic E-state index is -0.410. The van der Waals surface area contributed by atoms with E-state index in [1.807, 2.05) is 31.2 Å². The minimum Gasteiger partial charge on any atom is -0.333 e. The summed E-state index contributed by atoms with van der Waals surface area (Å²) in [5, 5.41) is 7.07. The van der Waals surface area contributed by atoms with Gasteiger partial charge in [-0.15, -0.1) is 11.3 Å². The third kappa shape index (κ3) is 17.5. The Balaban J connectivity index is 0.000000207. The number of aromatic nitrogens is 2. The van der Waals surface area contributed by atoms with Crippen molar-refractivity contribution in [2.75, 3.05) is 104 Å². The SMILES string of the molecule is CC(=O)c1sc(CC(=O)C[C@@H]2CN(C3CCN(C)CC3)CC[C@H]2CN2CCC[C@@H](Cc3ccc(F)cc3)C2)nc1C.CC(=O)c1sc(NC(=O)N[C@@H]2CN(CCF)CC[C@H]2CN2CCC[C@@H](Cc3ccc(F)cc3)C2)nc1C. The quantitative estimate of drug-likeness (QED) is 0.0870. The number of anilines is 1. The summed E-state index contributed by atoms with van der Waals surface area (Å²) >= 11 is 2.56. The van der Waals surface area contributed by atoms with Gasteiger partial charge in [-0.05, 0) is 189 Å². The number of thiazole rings is 2. The molecule has 13 nitrogen and oxygen atoms in total. The number of alkyl halides is 1. The predicted octanol–water partition coefficient (Wildman–Crippen LogP) is 9.81. The molecule has 4 aromatic rings. The molecule has 5 fully saturated rings. The van der Waals surface area contributed by atoms with E-state index in [0.29, 0.717) is 76.2 Å². The number of carbonyl (C=O) groups excluding carboxylic acids is 4. The van der Waals surface area contributed by atoms with Crippen LogP contribution in [0.3, 0.4) is 0 Å². The van der Waals surface area contributed by atoms with Gasteiger partial charge >= 0.3 is 6.03 Å². The number of piperidine rings is 5. The van der Waals surface area contributed by atoms with Crippen molar-refractivity contribution in [1.82, 2.24) is 39.8 Å². The van der Waals surface area contributed by atoms with Gasteiger partial charge < -0.3 is 20.0 Å². The van der Waals surface area contributed by atoms with Crippen LogP contribution in [0, 0.1) is 55.1 Å². The zero-order chi connectivity index (χ0) is 55.3. The number of halogens is 3. The van der Waals surface area contributed by atoms with Gasteiger partial charge in [0.2, 0.25) is 0 Å². The number of urea groups is 1. The van der Waals surface area contributed by atoms with Crippen molar-refractivity contribution in [1.29, 1.82) is 0 Å². The van der Waals surface area contributed by atoms with Crippen LogP contribution in [0.25, 0.3) is 0 Å². The molecule has 2 N–H and O–H groups in total. The molecule has 18 heteroatoms. The number of ketones is 3. The molecule has 2 amide bonds. The summed E-state index contributed by atoms with van der Waals surface area (Å²) in [4.78, 5) is 72.4. The van der Waals surface area contributed by atoms with Crippen molar-refractivity contribution in [2.45, 2.75) is 117 Å². The number of amides is 2. The highest BCUT2D eigenvalue weighted by Gasteiger charge is 2.37. The van der Waals surface area contributed by atoms with Gasteiger partial charge in [-0.1, -0.05) is 35.6 Å². The number of aryl methyl sites for hydroxylation is 2. The van der Waals surface area contributed by atoms with Gasteiger partial charge in [-0.2, -0.15) is 0 Å². The number of nitrogens with one attached hydrogen (secondary N) is 2. The monoisotopic (exact) mass is 1120 g/mol. The molecule has 0 aliphatic carbocycles. The highest BCUT2D eigenvalue weighted by atomic mass is 32.1. The van der Waals surface area contributed by atoms with Gasteiger partial charge in [0.05, 0.1) is 27.6 Å². The fourth-order valence-electron chi connectivity index (χ4n) is 13.0. The van der Waals surface area contributed by atoms with E-state index in [9.17, 15) is 32.3 Å². The van der Waals surface area contributed by atoms with E-state index in [2.05, 4.69) is 52.1 Å². The molecular formula is C60H84F3N9O4S2. The fraction of sp³-hybridized carbons (Fsp3) is 0.633. The highest BCUT2D eigenvalue weighted by Crippen LogP contribution is 2.34. The number of hydrogen-bond donors (Lipinski definition) is 2. The smallest absolute Gasteiger partial charge is 0.321 e. The number of Topliss-reactive ketones (excluding diaryl/α,β-unsaturated/α-hetero) is 3. The van der Waals surface area contributed by atoms with Crippen LogP contribution in [-0.4, -0.2) is 169 Å². The Morgan fingerprint density at radius 1 is 0.641 bits per heavy atom. The van der Waals surface area contributed by atoms with Crippen LogP contribution in [-0.2, 0) is 24.1 Å². The first-order valence-corrected chi connectivity index (χ1v) is 30.4. The first-order valence-electron chi connectivity index (χ1n) is 28.7. The lowest BCUT2D eigenvalue weighted by Gasteiger charge is -2.46. The fourth-order valence-corrected chi connectivity index (χ4v) is 14.9. The predicted molar refractivity (Wildman–Crippen MR) is 306 cm³/mol. The second kappa shape index (κ2) is 28.8.